The van der Waals surface area contributed by atoms with Gasteiger partial charge < -0.3 is 0 Å². The van der Waals surface area contributed by atoms with Crippen molar-refractivity contribution in [2.45, 2.75) is 0 Å². The number of fused-ring (bicyclic) bond motifs is 1. The summed E-state index contributed by atoms with van der Waals surface area (Å²) < 4.78 is 3.64. The second-order valence-electron chi connectivity index (χ2n) is 2.57. The van der Waals surface area contributed by atoms with Crippen LogP contribution in [-0.4, -0.2) is 14.2 Å². The van der Waals surface area contributed by atoms with Gasteiger partial charge in [0.05, 0.1) is 0 Å². The molecule has 0 bridgehead atoms. The maximum atomic E-state index is 11.3. The van der Waals surface area contributed by atoms with Gasteiger partial charge in [-0.3, -0.25) is 9.50 Å². The van der Waals surface area contributed by atoms with Crippen LogP contribution in [0.2, 0.25) is 0 Å². The fourth-order valence-corrected chi connectivity index (χ4v) is 1.29. The topological polar surface area (TPSA) is 42.2 Å². The van der Waals surface area contributed by atoms with E-state index >= 15 is 0 Å². The number of hydrogen-bond donors (Lipinski definition) is 1. The minimum Gasteiger partial charge on any atom is -0.279 e. The van der Waals surface area contributed by atoms with E-state index in [1.165, 1.54) is 9.08 Å². The Balaban J connectivity index is 3.06. The monoisotopic (exact) mass is 181 g/mol. The zero-order chi connectivity index (χ0) is 8.72. The van der Waals surface area contributed by atoms with E-state index in [0.717, 1.165) is 10.2 Å². The molecule has 5 heteroatoms. The highest BCUT2D eigenvalue weighted by Gasteiger charge is 1.98. The second-order valence-corrected chi connectivity index (χ2v) is 3.04. The maximum Gasteiger partial charge on any atom is 0.348 e. The highest BCUT2D eigenvalue weighted by atomic mass is 32.1. The van der Waals surface area contributed by atoms with E-state index in [9.17, 15) is 4.79 Å². The Labute approximate surface area is 73.1 Å². The summed E-state index contributed by atoms with van der Waals surface area (Å²) in [5, 5.41) is 2.87. The molecule has 0 fully saturated rings. The summed E-state index contributed by atoms with van der Waals surface area (Å²) in [4.78, 5) is 11.3. The highest BCUT2D eigenvalue weighted by Crippen LogP contribution is 1.96. The average Bonchev–Trinajstić information content (AvgIpc) is 2.28. The zero-order valence-electron chi connectivity index (χ0n) is 6.44. The van der Waals surface area contributed by atoms with Gasteiger partial charge in [0.2, 0.25) is 0 Å². The Bertz CT molecular complexity index is 533. The Morgan fingerprint density at radius 3 is 3.08 bits per heavy atom. The van der Waals surface area contributed by atoms with Crippen molar-refractivity contribution < 1.29 is 0 Å². The predicted molar refractivity (Wildman–Crippen MR) is 47.8 cm³/mol. The van der Waals surface area contributed by atoms with Gasteiger partial charge >= 0.3 is 5.69 Å². The van der Waals surface area contributed by atoms with Crippen molar-refractivity contribution in [2.75, 3.05) is 0 Å². The van der Waals surface area contributed by atoms with Crippen molar-refractivity contribution in [1.29, 1.82) is 0 Å². The molecule has 0 aliphatic heterocycles. The van der Waals surface area contributed by atoms with E-state index in [1.807, 2.05) is 0 Å². The molecule has 0 unspecified atom stereocenters. The van der Waals surface area contributed by atoms with Gasteiger partial charge in [0, 0.05) is 17.8 Å². The molecule has 0 aliphatic rings. The third kappa shape index (κ3) is 0.902. The van der Waals surface area contributed by atoms with Crippen molar-refractivity contribution in [1.82, 2.24) is 14.2 Å². The number of rotatable bonds is 0. The van der Waals surface area contributed by atoms with Crippen LogP contribution in [0.1, 0.15) is 0 Å². The number of aromatic nitrogens is 3. The molecule has 2 aromatic rings. The first-order valence-corrected chi connectivity index (χ1v) is 3.87. The molecule has 1 N–H and O–H groups in total. The predicted octanol–water partition coefficient (Wildman–Crippen LogP) is 0.696. The van der Waals surface area contributed by atoms with Crippen LogP contribution in [0.15, 0.2) is 23.1 Å². The fraction of sp³-hybridized carbons (Fsp3) is 0.143. The normalized spacial score (nSPS) is 10.8. The van der Waals surface area contributed by atoms with Gasteiger partial charge in [-0.2, -0.15) is 0 Å². The summed E-state index contributed by atoms with van der Waals surface area (Å²) in [6.07, 6.45) is 1.66. The van der Waals surface area contributed by atoms with Gasteiger partial charge in [-0.05, 0) is 12.1 Å². The Hall–Kier alpha value is -1.36. The molecule has 0 atom stereocenters. The first-order valence-electron chi connectivity index (χ1n) is 3.46. The minimum atomic E-state index is -0.0972. The summed E-state index contributed by atoms with van der Waals surface area (Å²) in [5.74, 6) is 0. The van der Waals surface area contributed by atoms with Gasteiger partial charge in [0.25, 0.3) is 0 Å². The van der Waals surface area contributed by atoms with Crippen LogP contribution in [0.25, 0.3) is 5.65 Å². The SMILES string of the molecule is Cn1[nH]c2cc(=S)ccn2c1=O. The molecule has 2 aromatic heterocycles. The average molecular weight is 181 g/mol. The van der Waals surface area contributed by atoms with Crippen LogP contribution in [0.3, 0.4) is 0 Å². The van der Waals surface area contributed by atoms with Crippen LogP contribution in [-0.2, 0) is 7.05 Å². The summed E-state index contributed by atoms with van der Waals surface area (Å²) in [5.41, 5.74) is 0.620. The van der Waals surface area contributed by atoms with Crippen LogP contribution in [0.5, 0.6) is 0 Å². The van der Waals surface area contributed by atoms with Gasteiger partial charge in [0.1, 0.15) is 5.65 Å². The molecule has 0 aliphatic carbocycles. The quantitative estimate of drug-likeness (QED) is 0.608. The van der Waals surface area contributed by atoms with Crippen molar-refractivity contribution in [3.8, 4) is 0 Å². The van der Waals surface area contributed by atoms with Crippen LogP contribution < -0.4 is 5.69 Å². The zero-order valence-corrected chi connectivity index (χ0v) is 7.26. The molecule has 0 aromatic carbocycles. The van der Waals surface area contributed by atoms with Gasteiger partial charge in [0.15, 0.2) is 0 Å². The van der Waals surface area contributed by atoms with E-state index in [0.29, 0.717) is 0 Å². The number of pyridine rings is 1. The fourth-order valence-electron chi connectivity index (χ4n) is 1.11. The molecular weight excluding hydrogens is 174 g/mol. The van der Waals surface area contributed by atoms with Gasteiger partial charge in [-0.15, -0.1) is 0 Å². The van der Waals surface area contributed by atoms with E-state index in [-0.39, 0.29) is 5.69 Å². The summed E-state index contributed by atoms with van der Waals surface area (Å²) in [6, 6.07) is 3.47. The molecular formula is C7H7N3OS. The lowest BCUT2D eigenvalue weighted by Crippen LogP contribution is -2.17. The lowest BCUT2D eigenvalue weighted by Gasteiger charge is -1.86. The lowest BCUT2D eigenvalue weighted by atomic mass is 10.5. The molecule has 12 heavy (non-hydrogen) atoms. The van der Waals surface area contributed by atoms with E-state index in [1.54, 1.807) is 25.4 Å². The van der Waals surface area contributed by atoms with Gasteiger partial charge in [-0.25, -0.2) is 9.48 Å². The molecule has 62 valence electrons. The molecule has 0 amide bonds. The highest BCUT2D eigenvalue weighted by molar-refractivity contribution is 7.71. The van der Waals surface area contributed by atoms with E-state index in [4.69, 9.17) is 12.2 Å². The smallest absolute Gasteiger partial charge is 0.279 e. The summed E-state index contributed by atoms with van der Waals surface area (Å²) in [6.45, 7) is 0. The first-order chi connectivity index (χ1) is 5.68. The van der Waals surface area contributed by atoms with Crippen molar-refractivity contribution in [3.05, 3.63) is 33.3 Å². The minimum absolute atomic E-state index is 0.0972. The van der Waals surface area contributed by atoms with Crippen LogP contribution >= 0.6 is 12.2 Å². The molecule has 0 spiro atoms. The number of H-pyrrole nitrogens is 1. The van der Waals surface area contributed by atoms with Crippen molar-refractivity contribution in [3.63, 3.8) is 0 Å². The Kier molecular flexibility index (Phi) is 1.41. The van der Waals surface area contributed by atoms with Crippen LogP contribution in [0.4, 0.5) is 0 Å². The first kappa shape index (κ1) is 7.30. The summed E-state index contributed by atoms with van der Waals surface area (Å²) in [7, 11) is 1.67. The molecule has 0 saturated carbocycles. The van der Waals surface area contributed by atoms with Crippen molar-refractivity contribution in [2.24, 2.45) is 7.05 Å². The third-order valence-corrected chi connectivity index (χ3v) is 1.96. The molecule has 0 radical (unpaired) electrons. The largest absolute Gasteiger partial charge is 0.348 e. The van der Waals surface area contributed by atoms with Gasteiger partial charge in [-0.1, -0.05) is 12.2 Å². The van der Waals surface area contributed by atoms with Crippen LogP contribution in [0, 0.1) is 4.51 Å². The maximum absolute atomic E-state index is 11.3. The third-order valence-electron chi connectivity index (χ3n) is 1.70. The number of aryl methyl sites for hydroxylation is 1. The number of nitrogens with one attached hydrogen (secondary N) is 1. The van der Waals surface area contributed by atoms with Crippen molar-refractivity contribution >= 4 is 17.9 Å². The van der Waals surface area contributed by atoms with E-state index in [2.05, 4.69) is 5.10 Å². The molecule has 4 nitrogen and oxygen atoms in total. The number of aromatic amines is 1. The molecule has 2 rings (SSSR count). The Morgan fingerprint density at radius 2 is 2.33 bits per heavy atom. The standard InChI is InChI=1S/C7H7N3OS/c1-9-7(11)10-3-2-5(12)4-6(10)8-9/h2-4,8H,1H3. The molecule has 2 heterocycles. The molecule has 0 saturated heterocycles. The number of nitrogens with zero attached hydrogens (tertiary/aromatic N) is 2. The number of hydrogen-bond acceptors (Lipinski definition) is 2. The second kappa shape index (κ2) is 2.31. The lowest BCUT2D eigenvalue weighted by molar-refractivity contribution is 0.733. The van der Waals surface area contributed by atoms with E-state index < -0.39 is 0 Å². The Morgan fingerprint density at radius 1 is 1.58 bits per heavy atom. The summed E-state index contributed by atoms with van der Waals surface area (Å²) >= 11 is 4.95.